The predicted molar refractivity (Wildman–Crippen MR) is 91.9 cm³/mol. The van der Waals surface area contributed by atoms with Crippen molar-refractivity contribution >= 4 is 16.9 Å². The van der Waals surface area contributed by atoms with E-state index in [-0.39, 0.29) is 11.6 Å². The first kappa shape index (κ1) is 15.4. The SMILES string of the molecule is O=C(O)c1[nH]nnc1Oc1ccc(C#Cc2ccccc2)c2[nH]ncc12. The number of benzene rings is 2. The molecule has 8 nitrogen and oxygen atoms in total. The number of rotatable bonds is 3. The van der Waals surface area contributed by atoms with E-state index >= 15 is 0 Å². The van der Waals surface area contributed by atoms with Gasteiger partial charge in [-0.2, -0.15) is 5.10 Å². The van der Waals surface area contributed by atoms with E-state index in [9.17, 15) is 4.79 Å². The maximum atomic E-state index is 11.1. The second-order valence-corrected chi connectivity index (χ2v) is 5.29. The first-order valence-corrected chi connectivity index (χ1v) is 7.58. The van der Waals surface area contributed by atoms with Gasteiger partial charge in [0, 0.05) is 5.56 Å². The lowest BCUT2D eigenvalue weighted by molar-refractivity contribution is 0.0687. The highest BCUT2D eigenvalue weighted by atomic mass is 16.5. The van der Waals surface area contributed by atoms with Crippen LogP contribution in [0.25, 0.3) is 10.9 Å². The van der Waals surface area contributed by atoms with Gasteiger partial charge in [-0.1, -0.05) is 40.4 Å². The Bertz CT molecular complexity index is 1150. The summed E-state index contributed by atoms with van der Waals surface area (Å²) < 4.78 is 5.61. The average molecular weight is 345 g/mol. The van der Waals surface area contributed by atoms with E-state index in [0.29, 0.717) is 16.7 Å². The second kappa shape index (κ2) is 6.41. The molecule has 2 aromatic heterocycles. The molecule has 2 aromatic carbocycles. The van der Waals surface area contributed by atoms with E-state index in [0.717, 1.165) is 11.1 Å². The van der Waals surface area contributed by atoms with Gasteiger partial charge in [0.25, 0.3) is 5.88 Å². The van der Waals surface area contributed by atoms with Crippen LogP contribution in [0.1, 0.15) is 21.6 Å². The zero-order chi connectivity index (χ0) is 17.9. The number of H-pyrrole nitrogens is 2. The van der Waals surface area contributed by atoms with Gasteiger partial charge in [-0.15, -0.1) is 0 Å². The Kier molecular flexibility index (Phi) is 3.80. The minimum Gasteiger partial charge on any atom is -0.476 e. The van der Waals surface area contributed by atoms with Gasteiger partial charge >= 0.3 is 5.97 Å². The maximum Gasteiger partial charge on any atom is 0.359 e. The quantitative estimate of drug-likeness (QED) is 0.491. The summed E-state index contributed by atoms with van der Waals surface area (Å²) in [6.07, 6.45) is 1.58. The van der Waals surface area contributed by atoms with E-state index in [1.165, 1.54) is 0 Å². The molecule has 0 aliphatic carbocycles. The average Bonchev–Trinajstić information content (AvgIpc) is 3.31. The van der Waals surface area contributed by atoms with Gasteiger partial charge in [-0.25, -0.2) is 9.89 Å². The predicted octanol–water partition coefficient (Wildman–Crippen LogP) is 2.57. The molecule has 0 fully saturated rings. The van der Waals surface area contributed by atoms with Gasteiger partial charge < -0.3 is 9.84 Å². The van der Waals surface area contributed by atoms with Gasteiger partial charge in [-0.05, 0) is 24.3 Å². The number of aromatic carboxylic acids is 1. The largest absolute Gasteiger partial charge is 0.476 e. The van der Waals surface area contributed by atoms with E-state index in [1.807, 2.05) is 30.3 Å². The molecule has 0 aliphatic rings. The van der Waals surface area contributed by atoms with Crippen molar-refractivity contribution in [2.75, 3.05) is 0 Å². The van der Waals surface area contributed by atoms with Crippen molar-refractivity contribution in [2.45, 2.75) is 0 Å². The van der Waals surface area contributed by atoms with Gasteiger partial charge in [0.15, 0.2) is 0 Å². The zero-order valence-corrected chi connectivity index (χ0v) is 13.2. The Balaban J connectivity index is 1.71. The van der Waals surface area contributed by atoms with Crippen molar-refractivity contribution in [1.82, 2.24) is 25.6 Å². The van der Waals surface area contributed by atoms with Gasteiger partial charge in [0.2, 0.25) is 5.69 Å². The molecule has 4 aromatic rings. The Morgan fingerprint density at radius 1 is 1.08 bits per heavy atom. The molecule has 2 heterocycles. The number of hydrogen-bond acceptors (Lipinski definition) is 5. The Hall–Kier alpha value is -4.12. The summed E-state index contributed by atoms with van der Waals surface area (Å²) >= 11 is 0. The van der Waals surface area contributed by atoms with Crippen molar-refractivity contribution in [3.8, 4) is 23.5 Å². The molecule has 0 saturated heterocycles. The lowest BCUT2D eigenvalue weighted by Crippen LogP contribution is -2.00. The first-order valence-electron chi connectivity index (χ1n) is 7.58. The fourth-order valence-corrected chi connectivity index (χ4v) is 2.40. The summed E-state index contributed by atoms with van der Waals surface area (Å²) in [6, 6.07) is 13.1. The highest BCUT2D eigenvalue weighted by molar-refractivity contribution is 5.91. The number of nitrogens with zero attached hydrogens (tertiary/aromatic N) is 3. The van der Waals surface area contributed by atoms with Crippen molar-refractivity contribution in [3.63, 3.8) is 0 Å². The van der Waals surface area contributed by atoms with Crippen LogP contribution in [0.5, 0.6) is 11.6 Å². The van der Waals surface area contributed by atoms with Gasteiger partial charge in [-0.3, -0.25) is 5.10 Å². The highest BCUT2D eigenvalue weighted by Crippen LogP contribution is 2.30. The van der Waals surface area contributed by atoms with Crippen LogP contribution >= 0.6 is 0 Å². The maximum absolute atomic E-state index is 11.1. The summed E-state index contributed by atoms with van der Waals surface area (Å²) in [5, 5.41) is 26.1. The van der Waals surface area contributed by atoms with Crippen LogP contribution in [-0.2, 0) is 0 Å². The monoisotopic (exact) mass is 345 g/mol. The van der Waals surface area contributed by atoms with Crippen LogP contribution in [0.15, 0.2) is 48.7 Å². The smallest absolute Gasteiger partial charge is 0.359 e. The Morgan fingerprint density at radius 3 is 2.73 bits per heavy atom. The van der Waals surface area contributed by atoms with Crippen molar-refractivity contribution in [1.29, 1.82) is 0 Å². The third kappa shape index (κ3) is 2.85. The molecule has 0 aliphatic heterocycles. The van der Waals surface area contributed by atoms with Crippen molar-refractivity contribution in [2.24, 2.45) is 0 Å². The molecule has 0 spiro atoms. The van der Waals surface area contributed by atoms with Crippen LogP contribution in [-0.4, -0.2) is 36.7 Å². The molecule has 26 heavy (non-hydrogen) atoms. The number of aromatic amines is 2. The number of carboxylic acids is 1. The third-order valence-electron chi connectivity index (χ3n) is 3.63. The molecule has 0 bridgehead atoms. The lowest BCUT2D eigenvalue weighted by atomic mass is 10.1. The number of ether oxygens (including phenoxy) is 1. The van der Waals surface area contributed by atoms with E-state index in [4.69, 9.17) is 9.84 Å². The minimum absolute atomic E-state index is 0.122. The number of aromatic nitrogens is 5. The van der Waals surface area contributed by atoms with Crippen LogP contribution in [0.3, 0.4) is 0 Å². The third-order valence-corrected chi connectivity index (χ3v) is 3.63. The van der Waals surface area contributed by atoms with E-state index in [1.54, 1.807) is 18.3 Å². The Labute approximate surface area is 146 Å². The number of hydrogen-bond donors (Lipinski definition) is 3. The molecular weight excluding hydrogens is 334 g/mol. The fourth-order valence-electron chi connectivity index (χ4n) is 2.40. The number of fused-ring (bicyclic) bond motifs is 1. The molecule has 0 atom stereocenters. The molecule has 126 valence electrons. The molecule has 0 radical (unpaired) electrons. The fraction of sp³-hybridized carbons (Fsp3) is 0. The standard InChI is InChI=1S/C18H11N5O3/c24-18(25)16-17(22-23-21-16)26-14-9-8-12(15-13(14)10-19-20-15)7-6-11-4-2-1-3-5-11/h1-5,8-10H,(H,19,20)(H,24,25)(H,21,22,23). The summed E-state index contributed by atoms with van der Waals surface area (Å²) in [6.45, 7) is 0. The number of carboxylic acid groups (broad SMARTS) is 1. The number of nitrogens with one attached hydrogen (secondary N) is 2. The molecule has 4 rings (SSSR count). The Morgan fingerprint density at radius 2 is 1.92 bits per heavy atom. The molecule has 3 N–H and O–H groups in total. The minimum atomic E-state index is -1.21. The topological polar surface area (TPSA) is 117 Å². The van der Waals surface area contributed by atoms with E-state index < -0.39 is 5.97 Å². The van der Waals surface area contributed by atoms with Crippen molar-refractivity contribution < 1.29 is 14.6 Å². The van der Waals surface area contributed by atoms with Crippen LogP contribution in [0, 0.1) is 11.8 Å². The normalized spacial score (nSPS) is 10.3. The number of carbonyl (C=O) groups is 1. The zero-order valence-electron chi connectivity index (χ0n) is 13.2. The second-order valence-electron chi connectivity index (χ2n) is 5.29. The summed E-state index contributed by atoms with van der Waals surface area (Å²) in [7, 11) is 0. The van der Waals surface area contributed by atoms with Crippen LogP contribution in [0.2, 0.25) is 0 Å². The molecule has 0 amide bonds. The first-order chi connectivity index (χ1) is 12.7. The molecule has 8 heteroatoms. The molecule has 0 saturated carbocycles. The van der Waals surface area contributed by atoms with Crippen LogP contribution in [0.4, 0.5) is 0 Å². The van der Waals surface area contributed by atoms with Gasteiger partial charge in [0.1, 0.15) is 5.75 Å². The van der Waals surface area contributed by atoms with E-state index in [2.05, 4.69) is 37.4 Å². The molecule has 0 unspecified atom stereocenters. The summed E-state index contributed by atoms with van der Waals surface area (Å²) in [5.41, 5.74) is 2.10. The van der Waals surface area contributed by atoms with Crippen LogP contribution < -0.4 is 4.74 Å². The summed E-state index contributed by atoms with van der Waals surface area (Å²) in [4.78, 5) is 11.1. The van der Waals surface area contributed by atoms with Gasteiger partial charge in [0.05, 0.1) is 22.7 Å². The molecular formula is C18H11N5O3. The lowest BCUT2D eigenvalue weighted by Gasteiger charge is -2.05. The van der Waals surface area contributed by atoms with Crippen molar-refractivity contribution in [3.05, 3.63) is 65.5 Å². The summed E-state index contributed by atoms with van der Waals surface area (Å²) in [5.74, 6) is 5.26. The highest BCUT2D eigenvalue weighted by Gasteiger charge is 2.18.